The van der Waals surface area contributed by atoms with Gasteiger partial charge in [-0.15, -0.1) is 0 Å². The fraction of sp³-hybridized carbons (Fsp3) is 0.118. The van der Waals surface area contributed by atoms with Crippen LogP contribution < -0.4 is 20.1 Å². The van der Waals surface area contributed by atoms with E-state index in [-0.39, 0.29) is 0 Å². The van der Waals surface area contributed by atoms with E-state index in [0.29, 0.717) is 22.8 Å². The highest BCUT2D eigenvalue weighted by Gasteiger charge is 2.49. The molecule has 1 fully saturated rings. The summed E-state index contributed by atoms with van der Waals surface area (Å²) in [6.45, 7) is 0. The molecule has 0 unspecified atom stereocenters. The number of nitrogens with one attached hydrogen (secondary N) is 2. The monoisotopic (exact) mass is 404 g/mol. The number of urea groups is 1. The van der Waals surface area contributed by atoms with E-state index >= 15 is 0 Å². The van der Waals surface area contributed by atoms with E-state index in [1.807, 2.05) is 0 Å². The van der Waals surface area contributed by atoms with Crippen LogP contribution in [-0.2, 0) is 13.9 Å². The highest BCUT2D eigenvalue weighted by atomic mass is 79.9. The van der Waals surface area contributed by atoms with Crippen LogP contribution >= 0.6 is 15.9 Å². The molecular weight excluding hydrogens is 392 g/mol. The van der Waals surface area contributed by atoms with Crippen molar-refractivity contribution in [3.63, 3.8) is 0 Å². The van der Waals surface area contributed by atoms with Crippen LogP contribution in [0.1, 0.15) is 5.56 Å². The zero-order valence-corrected chi connectivity index (χ0v) is 14.6. The maximum atomic E-state index is 12.1. The molecule has 1 heterocycles. The molecule has 0 atom stereocenters. The van der Waals surface area contributed by atoms with Crippen LogP contribution in [0.3, 0.4) is 0 Å². The van der Waals surface area contributed by atoms with E-state index in [9.17, 15) is 14.4 Å². The van der Waals surface area contributed by atoms with Crippen molar-refractivity contribution in [3.05, 3.63) is 54.1 Å². The topological polar surface area (TPSA) is 93.7 Å². The van der Waals surface area contributed by atoms with Gasteiger partial charge in [0.25, 0.3) is 11.8 Å². The van der Waals surface area contributed by atoms with Crippen LogP contribution in [0.15, 0.2) is 48.5 Å². The van der Waals surface area contributed by atoms with Gasteiger partial charge in [0.1, 0.15) is 17.2 Å². The quantitative estimate of drug-likeness (QED) is 0.602. The Balaban J connectivity index is 1.80. The SMILES string of the molecule is COc1ccc(Oc2ccc(C3(Br)C(=O)NC(=O)NC3=O)cc2)cc1. The van der Waals surface area contributed by atoms with Crippen molar-refractivity contribution in [3.8, 4) is 17.2 Å². The molecule has 1 aliphatic rings. The number of amides is 4. The molecular formula is C17H13BrN2O5. The van der Waals surface area contributed by atoms with Crippen LogP contribution in [-0.4, -0.2) is 25.0 Å². The number of hydrogen-bond donors (Lipinski definition) is 2. The Morgan fingerprint density at radius 2 is 1.24 bits per heavy atom. The van der Waals surface area contributed by atoms with E-state index in [0.717, 1.165) is 0 Å². The van der Waals surface area contributed by atoms with Gasteiger partial charge in [-0.2, -0.15) is 0 Å². The molecule has 7 nitrogen and oxygen atoms in total. The molecule has 8 heteroatoms. The zero-order valence-electron chi connectivity index (χ0n) is 13.0. The second kappa shape index (κ2) is 6.56. The summed E-state index contributed by atoms with van der Waals surface area (Å²) in [5.74, 6) is 0.363. The van der Waals surface area contributed by atoms with Crippen molar-refractivity contribution < 1.29 is 23.9 Å². The number of alkyl halides is 1. The van der Waals surface area contributed by atoms with Crippen LogP contribution in [0.4, 0.5) is 4.79 Å². The van der Waals surface area contributed by atoms with Gasteiger partial charge in [0.15, 0.2) is 0 Å². The lowest BCUT2D eigenvalue weighted by Gasteiger charge is -2.29. The van der Waals surface area contributed by atoms with Gasteiger partial charge in [-0.25, -0.2) is 4.79 Å². The highest BCUT2D eigenvalue weighted by molar-refractivity contribution is 9.10. The summed E-state index contributed by atoms with van der Waals surface area (Å²) < 4.78 is 9.11. The Bertz CT molecular complexity index is 813. The van der Waals surface area contributed by atoms with Crippen molar-refractivity contribution in [1.82, 2.24) is 10.6 Å². The first-order valence-corrected chi connectivity index (χ1v) is 8.01. The minimum Gasteiger partial charge on any atom is -0.497 e. The molecule has 3 rings (SSSR count). The van der Waals surface area contributed by atoms with Gasteiger partial charge < -0.3 is 9.47 Å². The number of imide groups is 2. The second-order valence-corrected chi connectivity index (χ2v) is 6.39. The predicted octanol–water partition coefficient (Wildman–Crippen LogP) is 2.44. The Hall–Kier alpha value is -2.87. The third-order valence-electron chi connectivity index (χ3n) is 3.63. The van der Waals surface area contributed by atoms with Crippen LogP contribution in [0.25, 0.3) is 0 Å². The maximum absolute atomic E-state index is 12.1. The molecule has 0 saturated carbocycles. The molecule has 0 bridgehead atoms. The predicted molar refractivity (Wildman–Crippen MR) is 91.8 cm³/mol. The first-order chi connectivity index (χ1) is 11.9. The number of ether oxygens (including phenoxy) is 2. The van der Waals surface area contributed by atoms with Gasteiger partial charge in [-0.1, -0.05) is 28.1 Å². The molecule has 128 valence electrons. The molecule has 4 amide bonds. The van der Waals surface area contributed by atoms with Crippen molar-refractivity contribution in [2.75, 3.05) is 7.11 Å². The summed E-state index contributed by atoms with van der Waals surface area (Å²) in [4.78, 5) is 35.4. The summed E-state index contributed by atoms with van der Waals surface area (Å²) in [6, 6.07) is 12.6. The Morgan fingerprint density at radius 3 is 1.72 bits per heavy atom. The third kappa shape index (κ3) is 3.20. The first-order valence-electron chi connectivity index (χ1n) is 7.21. The summed E-state index contributed by atoms with van der Waals surface area (Å²) in [5, 5.41) is 4.13. The average molecular weight is 405 g/mol. The van der Waals surface area contributed by atoms with Gasteiger partial charge in [-0.3, -0.25) is 20.2 Å². The zero-order chi connectivity index (χ0) is 18.0. The number of methoxy groups -OCH3 is 1. The summed E-state index contributed by atoms with van der Waals surface area (Å²) in [5.41, 5.74) is 0.372. The lowest BCUT2D eigenvalue weighted by atomic mass is 9.95. The molecule has 2 N–H and O–H groups in total. The van der Waals surface area contributed by atoms with Crippen molar-refractivity contribution in [2.45, 2.75) is 4.32 Å². The largest absolute Gasteiger partial charge is 0.497 e. The normalized spacial score (nSPS) is 16.0. The smallest absolute Gasteiger partial charge is 0.328 e. The number of halogens is 1. The average Bonchev–Trinajstić information content (AvgIpc) is 2.61. The summed E-state index contributed by atoms with van der Waals surface area (Å²) in [7, 11) is 1.58. The minimum absolute atomic E-state index is 0.372. The Kier molecular flexibility index (Phi) is 4.45. The van der Waals surface area contributed by atoms with Crippen LogP contribution in [0.5, 0.6) is 17.2 Å². The summed E-state index contributed by atoms with van der Waals surface area (Å²) in [6.07, 6.45) is 0. The maximum Gasteiger partial charge on any atom is 0.328 e. The van der Waals surface area contributed by atoms with Crippen molar-refractivity contribution >= 4 is 33.8 Å². The molecule has 0 aliphatic carbocycles. The number of rotatable bonds is 4. The third-order valence-corrected chi connectivity index (χ3v) is 4.81. The van der Waals surface area contributed by atoms with E-state index in [1.54, 1.807) is 55.6 Å². The standard InChI is InChI=1S/C17H13BrN2O5/c1-24-11-6-8-13(9-7-11)25-12-4-2-10(3-5-12)17(18)14(21)19-16(23)20-15(17)22/h2-9H,1H3,(H2,19,20,21,22,23). The number of carbonyl (C=O) groups is 3. The van der Waals surface area contributed by atoms with Gasteiger partial charge >= 0.3 is 6.03 Å². The molecule has 0 aromatic heterocycles. The molecule has 2 aromatic rings. The minimum atomic E-state index is -1.67. The van der Waals surface area contributed by atoms with Crippen molar-refractivity contribution in [1.29, 1.82) is 0 Å². The molecule has 0 radical (unpaired) electrons. The fourth-order valence-electron chi connectivity index (χ4n) is 2.31. The van der Waals surface area contributed by atoms with Crippen LogP contribution in [0, 0.1) is 0 Å². The van der Waals surface area contributed by atoms with Gasteiger partial charge in [0.2, 0.25) is 4.32 Å². The first kappa shape index (κ1) is 17.0. The van der Waals surface area contributed by atoms with E-state index < -0.39 is 22.2 Å². The molecule has 1 aliphatic heterocycles. The highest BCUT2D eigenvalue weighted by Crippen LogP contribution is 2.35. The summed E-state index contributed by atoms with van der Waals surface area (Å²) >= 11 is 3.14. The van der Waals surface area contributed by atoms with Gasteiger partial charge in [0, 0.05) is 0 Å². The van der Waals surface area contributed by atoms with E-state index in [2.05, 4.69) is 26.6 Å². The number of carbonyl (C=O) groups excluding carboxylic acids is 3. The molecule has 25 heavy (non-hydrogen) atoms. The van der Waals surface area contributed by atoms with Gasteiger partial charge in [-0.05, 0) is 42.0 Å². The van der Waals surface area contributed by atoms with Crippen molar-refractivity contribution in [2.24, 2.45) is 0 Å². The van der Waals surface area contributed by atoms with E-state index in [4.69, 9.17) is 9.47 Å². The van der Waals surface area contributed by atoms with Crippen LogP contribution in [0.2, 0.25) is 0 Å². The molecule has 2 aromatic carbocycles. The van der Waals surface area contributed by atoms with E-state index in [1.165, 1.54) is 0 Å². The number of benzene rings is 2. The second-order valence-electron chi connectivity index (χ2n) is 5.20. The fourth-order valence-corrected chi connectivity index (χ4v) is 2.77. The lowest BCUT2D eigenvalue weighted by Crippen LogP contribution is -2.62. The number of barbiturate groups is 1. The lowest BCUT2D eigenvalue weighted by molar-refractivity contribution is -0.133. The Morgan fingerprint density at radius 1 is 0.800 bits per heavy atom. The molecule has 0 spiro atoms. The number of hydrogen-bond acceptors (Lipinski definition) is 5. The molecule has 1 saturated heterocycles. The Labute approximate surface area is 151 Å². The van der Waals surface area contributed by atoms with Gasteiger partial charge in [0.05, 0.1) is 7.11 Å².